The third-order valence-corrected chi connectivity index (χ3v) is 4.07. The van der Waals surface area contributed by atoms with E-state index in [9.17, 15) is 9.59 Å². The van der Waals surface area contributed by atoms with E-state index in [0.717, 1.165) is 5.56 Å². The smallest absolute Gasteiger partial charge is 0.251 e. The molecule has 2 amide bonds. The van der Waals surface area contributed by atoms with E-state index in [1.54, 1.807) is 19.2 Å². The van der Waals surface area contributed by atoms with E-state index < -0.39 is 11.0 Å². The van der Waals surface area contributed by atoms with Crippen LogP contribution in [-0.4, -0.2) is 24.4 Å². The first-order valence-corrected chi connectivity index (χ1v) is 6.98. The molecule has 0 aliphatic carbocycles. The molecule has 0 radical (unpaired) electrons. The first kappa shape index (κ1) is 17.2. The van der Waals surface area contributed by atoms with Gasteiger partial charge in [0.2, 0.25) is 5.91 Å². The number of nitrogens with one attached hydrogen (secondary N) is 2. The number of hydrogen-bond donors (Lipinski definition) is 3. The van der Waals surface area contributed by atoms with Crippen LogP contribution >= 0.6 is 0 Å². The van der Waals surface area contributed by atoms with Gasteiger partial charge in [0.05, 0.1) is 5.41 Å². The minimum absolute atomic E-state index is 0.0922. The first-order chi connectivity index (χ1) is 9.59. The van der Waals surface area contributed by atoms with Crippen molar-refractivity contribution in [1.29, 1.82) is 0 Å². The van der Waals surface area contributed by atoms with Gasteiger partial charge in [0.15, 0.2) is 0 Å². The third kappa shape index (κ3) is 4.04. The number of hydrogen-bond acceptors (Lipinski definition) is 3. The fourth-order valence-electron chi connectivity index (χ4n) is 1.61. The van der Waals surface area contributed by atoms with E-state index in [-0.39, 0.29) is 11.8 Å². The highest BCUT2D eigenvalue weighted by Crippen LogP contribution is 2.28. The number of carbonyl (C=O) groups excluding carboxylic acids is 2. The van der Waals surface area contributed by atoms with Crippen molar-refractivity contribution in [2.45, 2.75) is 39.8 Å². The maximum atomic E-state index is 12.3. The van der Waals surface area contributed by atoms with Crippen LogP contribution in [-0.2, 0) is 11.3 Å². The van der Waals surface area contributed by atoms with Crippen molar-refractivity contribution in [3.63, 3.8) is 0 Å². The standard InChI is InChI=1S/C16H25N3O2/c1-15(2,16(3,4)17)14(21)19-10-11-6-8-12(9-7-11)13(20)18-5/h6-9H,10,17H2,1-5H3,(H,18,20)(H,19,21). The van der Waals surface area contributed by atoms with Crippen LogP contribution in [0.25, 0.3) is 0 Å². The van der Waals surface area contributed by atoms with Gasteiger partial charge in [0, 0.05) is 24.7 Å². The molecule has 1 aromatic carbocycles. The van der Waals surface area contributed by atoms with Crippen LogP contribution in [0.2, 0.25) is 0 Å². The molecule has 1 aromatic rings. The fourth-order valence-corrected chi connectivity index (χ4v) is 1.61. The average molecular weight is 291 g/mol. The molecule has 0 atom stereocenters. The number of nitrogens with two attached hydrogens (primary N) is 1. The van der Waals surface area contributed by atoms with Crippen LogP contribution in [0.15, 0.2) is 24.3 Å². The summed E-state index contributed by atoms with van der Waals surface area (Å²) in [5, 5.41) is 5.45. The topological polar surface area (TPSA) is 84.2 Å². The van der Waals surface area contributed by atoms with Crippen molar-refractivity contribution in [1.82, 2.24) is 10.6 Å². The lowest BCUT2D eigenvalue weighted by atomic mass is 9.74. The summed E-state index contributed by atoms with van der Waals surface area (Å²) in [5.41, 5.74) is 6.29. The molecule has 5 heteroatoms. The normalized spacial score (nSPS) is 11.9. The van der Waals surface area contributed by atoms with Gasteiger partial charge in [-0.2, -0.15) is 0 Å². The second-order valence-electron chi connectivity index (χ2n) is 6.31. The van der Waals surface area contributed by atoms with Gasteiger partial charge in [-0.25, -0.2) is 0 Å². The summed E-state index contributed by atoms with van der Waals surface area (Å²) >= 11 is 0. The summed E-state index contributed by atoms with van der Waals surface area (Å²) in [6, 6.07) is 7.12. The Bertz CT molecular complexity index is 513. The van der Waals surface area contributed by atoms with Crippen molar-refractivity contribution in [3.05, 3.63) is 35.4 Å². The van der Waals surface area contributed by atoms with Gasteiger partial charge >= 0.3 is 0 Å². The fraction of sp³-hybridized carbons (Fsp3) is 0.500. The summed E-state index contributed by atoms with van der Waals surface area (Å²) in [6.07, 6.45) is 0. The molecule has 0 aliphatic rings. The van der Waals surface area contributed by atoms with Crippen LogP contribution < -0.4 is 16.4 Å². The zero-order valence-electron chi connectivity index (χ0n) is 13.4. The Morgan fingerprint density at radius 1 is 1.10 bits per heavy atom. The molecule has 0 bridgehead atoms. The first-order valence-electron chi connectivity index (χ1n) is 6.98. The van der Waals surface area contributed by atoms with Gasteiger partial charge in [-0.05, 0) is 45.4 Å². The van der Waals surface area contributed by atoms with Crippen molar-refractivity contribution in [2.75, 3.05) is 7.05 Å². The van der Waals surface area contributed by atoms with Gasteiger partial charge < -0.3 is 16.4 Å². The number of carbonyl (C=O) groups is 2. The molecule has 4 N–H and O–H groups in total. The molecule has 21 heavy (non-hydrogen) atoms. The summed E-state index contributed by atoms with van der Waals surface area (Å²) in [5.74, 6) is -0.220. The predicted octanol–water partition coefficient (Wildman–Crippen LogP) is 1.43. The molecule has 5 nitrogen and oxygen atoms in total. The molecule has 0 fully saturated rings. The Kier molecular flexibility index (Phi) is 5.12. The van der Waals surface area contributed by atoms with Gasteiger partial charge in [-0.1, -0.05) is 12.1 Å². The predicted molar refractivity (Wildman–Crippen MR) is 83.7 cm³/mol. The van der Waals surface area contributed by atoms with Gasteiger partial charge in [0.1, 0.15) is 0 Å². The van der Waals surface area contributed by atoms with E-state index in [1.165, 1.54) is 0 Å². The Morgan fingerprint density at radius 3 is 2.05 bits per heavy atom. The van der Waals surface area contributed by atoms with E-state index in [0.29, 0.717) is 12.1 Å². The van der Waals surface area contributed by atoms with Gasteiger partial charge in [-0.15, -0.1) is 0 Å². The summed E-state index contributed by atoms with van der Waals surface area (Å²) in [7, 11) is 1.59. The van der Waals surface area contributed by atoms with Crippen LogP contribution in [0, 0.1) is 5.41 Å². The van der Waals surface area contributed by atoms with Crippen molar-refractivity contribution >= 4 is 11.8 Å². The van der Waals surface area contributed by atoms with E-state index in [4.69, 9.17) is 5.73 Å². The lowest BCUT2D eigenvalue weighted by Gasteiger charge is -2.36. The zero-order chi connectivity index (χ0) is 16.3. The number of rotatable bonds is 5. The Hall–Kier alpha value is -1.88. The zero-order valence-corrected chi connectivity index (χ0v) is 13.4. The van der Waals surface area contributed by atoms with Crippen LogP contribution in [0.4, 0.5) is 0 Å². The molecule has 0 unspecified atom stereocenters. The summed E-state index contributed by atoms with van der Waals surface area (Å²) in [6.45, 7) is 7.75. The molecule has 0 aromatic heterocycles. The number of benzene rings is 1. The third-order valence-electron chi connectivity index (χ3n) is 4.07. The van der Waals surface area contributed by atoms with Crippen LogP contribution in [0.1, 0.15) is 43.6 Å². The lowest BCUT2D eigenvalue weighted by molar-refractivity contribution is -0.132. The molecule has 1 rings (SSSR count). The Morgan fingerprint density at radius 2 is 1.62 bits per heavy atom. The SMILES string of the molecule is CNC(=O)c1ccc(CNC(=O)C(C)(C)C(C)(C)N)cc1. The van der Waals surface area contributed by atoms with E-state index in [1.807, 2.05) is 39.8 Å². The quantitative estimate of drug-likeness (QED) is 0.767. The molecular weight excluding hydrogens is 266 g/mol. The largest absolute Gasteiger partial charge is 0.355 e. The van der Waals surface area contributed by atoms with Crippen LogP contribution in [0.5, 0.6) is 0 Å². The minimum atomic E-state index is -0.672. The molecule has 0 spiro atoms. The molecule has 0 saturated carbocycles. The van der Waals surface area contributed by atoms with Crippen molar-refractivity contribution in [2.24, 2.45) is 11.1 Å². The van der Waals surface area contributed by atoms with Crippen molar-refractivity contribution < 1.29 is 9.59 Å². The van der Waals surface area contributed by atoms with Crippen LogP contribution in [0.3, 0.4) is 0 Å². The second-order valence-corrected chi connectivity index (χ2v) is 6.31. The summed E-state index contributed by atoms with van der Waals surface area (Å²) in [4.78, 5) is 23.7. The lowest BCUT2D eigenvalue weighted by Crippen LogP contribution is -2.55. The highest BCUT2D eigenvalue weighted by Gasteiger charge is 2.40. The van der Waals surface area contributed by atoms with Gasteiger partial charge in [0.25, 0.3) is 5.91 Å². The van der Waals surface area contributed by atoms with E-state index in [2.05, 4.69) is 10.6 Å². The second kappa shape index (κ2) is 6.26. The number of amides is 2. The molecule has 116 valence electrons. The molecule has 0 heterocycles. The maximum Gasteiger partial charge on any atom is 0.251 e. The minimum Gasteiger partial charge on any atom is -0.355 e. The van der Waals surface area contributed by atoms with E-state index >= 15 is 0 Å². The highest BCUT2D eigenvalue weighted by molar-refractivity contribution is 5.93. The summed E-state index contributed by atoms with van der Waals surface area (Å²) < 4.78 is 0. The Balaban J connectivity index is 2.68. The average Bonchev–Trinajstić information content (AvgIpc) is 2.43. The highest BCUT2D eigenvalue weighted by atomic mass is 16.2. The maximum absolute atomic E-state index is 12.3. The van der Waals surface area contributed by atoms with Crippen molar-refractivity contribution in [3.8, 4) is 0 Å². The van der Waals surface area contributed by atoms with Gasteiger partial charge in [-0.3, -0.25) is 9.59 Å². The molecule has 0 aliphatic heterocycles. The molecule has 0 saturated heterocycles. The molecular formula is C16H25N3O2. The Labute approximate surface area is 126 Å². The monoisotopic (exact) mass is 291 g/mol.